The summed E-state index contributed by atoms with van der Waals surface area (Å²) >= 11 is 0. The van der Waals surface area contributed by atoms with E-state index < -0.39 is 17.6 Å². The van der Waals surface area contributed by atoms with Gasteiger partial charge in [-0.2, -0.15) is 5.26 Å². The van der Waals surface area contributed by atoms with Gasteiger partial charge in [-0.1, -0.05) is 0 Å². The molecule has 7 nitrogen and oxygen atoms in total. The summed E-state index contributed by atoms with van der Waals surface area (Å²) in [4.78, 5) is 37.9. The minimum absolute atomic E-state index is 0.0962. The topological polar surface area (TPSA) is 102 Å². The molecule has 1 saturated heterocycles. The predicted octanol–water partition coefficient (Wildman–Crippen LogP) is 1.13. The largest absolute Gasteiger partial charge is 0.352 e. The molecule has 3 amide bonds. The van der Waals surface area contributed by atoms with Crippen LogP contribution in [0.5, 0.6) is 0 Å². The summed E-state index contributed by atoms with van der Waals surface area (Å²) in [6.45, 7) is 2.94. The van der Waals surface area contributed by atoms with Crippen molar-refractivity contribution in [2.75, 3.05) is 18.0 Å². The Morgan fingerprint density at radius 1 is 1.42 bits per heavy atom. The third-order valence-electron chi connectivity index (χ3n) is 4.21. The first-order valence-electron chi connectivity index (χ1n) is 7.91. The second-order valence-electron chi connectivity index (χ2n) is 6.09. The van der Waals surface area contributed by atoms with Crippen LogP contribution in [-0.2, 0) is 4.79 Å². The molecule has 1 aliphatic heterocycles. The maximum absolute atomic E-state index is 12.5. The summed E-state index contributed by atoms with van der Waals surface area (Å²) in [6.07, 6.45) is 1.79. The number of nitriles is 1. The van der Waals surface area contributed by atoms with Crippen LogP contribution >= 0.6 is 0 Å². The number of aryl methyl sites for hydroxylation is 1. The van der Waals surface area contributed by atoms with Crippen molar-refractivity contribution in [1.82, 2.24) is 10.6 Å². The zero-order chi connectivity index (χ0) is 17.3. The lowest BCUT2D eigenvalue weighted by Gasteiger charge is -2.18. The van der Waals surface area contributed by atoms with Crippen LogP contribution in [0.3, 0.4) is 0 Å². The van der Waals surface area contributed by atoms with E-state index in [1.165, 1.54) is 0 Å². The van der Waals surface area contributed by atoms with Crippen LogP contribution < -0.4 is 15.5 Å². The normalized spacial score (nSPS) is 17.8. The van der Waals surface area contributed by atoms with Gasteiger partial charge in [-0.05, 0) is 43.5 Å². The highest BCUT2D eigenvalue weighted by Gasteiger charge is 2.32. The Hall–Kier alpha value is -2.88. The Morgan fingerprint density at radius 3 is 2.71 bits per heavy atom. The number of benzene rings is 1. The lowest BCUT2D eigenvalue weighted by atomic mass is 9.96. The number of urea groups is 1. The molecule has 0 radical (unpaired) electrons. The van der Waals surface area contributed by atoms with Crippen molar-refractivity contribution >= 4 is 23.4 Å². The van der Waals surface area contributed by atoms with E-state index in [2.05, 4.69) is 10.6 Å². The van der Waals surface area contributed by atoms with Gasteiger partial charge in [-0.15, -0.1) is 0 Å². The lowest BCUT2D eigenvalue weighted by molar-refractivity contribution is -0.122. The van der Waals surface area contributed by atoms with Crippen LogP contribution in [0.2, 0.25) is 0 Å². The van der Waals surface area contributed by atoms with Crippen molar-refractivity contribution in [3.63, 3.8) is 0 Å². The molecule has 1 atom stereocenters. The number of hydrogen-bond donors (Lipinski definition) is 2. The third-order valence-corrected chi connectivity index (χ3v) is 4.21. The van der Waals surface area contributed by atoms with E-state index in [4.69, 9.17) is 0 Å². The quantitative estimate of drug-likeness (QED) is 0.625. The van der Waals surface area contributed by atoms with Crippen LogP contribution in [0.25, 0.3) is 0 Å². The first-order valence-corrected chi connectivity index (χ1v) is 7.91. The summed E-state index contributed by atoms with van der Waals surface area (Å²) in [5.41, 5.74) is 1.77. The Kier molecular flexibility index (Phi) is 4.21. The number of hydrogen-bond acceptors (Lipinski definition) is 4. The number of nitrogens with zero attached hydrogens (tertiary/aromatic N) is 2. The molecule has 3 rings (SSSR count). The smallest absolute Gasteiger partial charge is 0.322 e. The van der Waals surface area contributed by atoms with Gasteiger partial charge in [-0.3, -0.25) is 14.5 Å². The number of nitrogens with one attached hydrogen (secondary N) is 2. The third kappa shape index (κ3) is 3.08. The first-order chi connectivity index (χ1) is 11.5. The van der Waals surface area contributed by atoms with Crippen molar-refractivity contribution in [2.45, 2.75) is 25.8 Å². The van der Waals surface area contributed by atoms with Gasteiger partial charge in [-0.25, -0.2) is 4.79 Å². The fourth-order valence-electron chi connectivity index (χ4n) is 2.73. The molecule has 2 N–H and O–H groups in total. The van der Waals surface area contributed by atoms with Gasteiger partial charge in [0.1, 0.15) is 0 Å². The van der Waals surface area contributed by atoms with Crippen LogP contribution in [0.1, 0.15) is 28.8 Å². The molecule has 1 aromatic rings. The van der Waals surface area contributed by atoms with Crippen molar-refractivity contribution in [3.05, 3.63) is 29.3 Å². The van der Waals surface area contributed by atoms with Gasteiger partial charge in [0.15, 0.2) is 11.7 Å². The van der Waals surface area contributed by atoms with Gasteiger partial charge >= 0.3 is 6.03 Å². The summed E-state index contributed by atoms with van der Waals surface area (Å²) in [7, 11) is 0. The molecule has 124 valence electrons. The van der Waals surface area contributed by atoms with E-state index in [-0.39, 0.29) is 12.1 Å². The van der Waals surface area contributed by atoms with E-state index in [1.807, 2.05) is 0 Å². The molecule has 7 heteroatoms. The highest BCUT2D eigenvalue weighted by molar-refractivity contribution is 6.12. The molecule has 1 heterocycles. The van der Waals surface area contributed by atoms with Gasteiger partial charge < -0.3 is 10.6 Å². The lowest BCUT2D eigenvalue weighted by Crippen LogP contribution is -2.36. The van der Waals surface area contributed by atoms with Crippen molar-refractivity contribution in [3.8, 4) is 6.07 Å². The SMILES string of the molecule is Cc1cc(C(=O)[C@@H](C#N)C(=O)NC2CC2)ccc1N1CCNC1=O. The summed E-state index contributed by atoms with van der Waals surface area (Å²) in [5.74, 6) is -2.40. The fraction of sp³-hybridized carbons (Fsp3) is 0.412. The molecule has 0 bridgehead atoms. The molecule has 1 aromatic carbocycles. The van der Waals surface area contributed by atoms with Crippen LogP contribution in [0.4, 0.5) is 10.5 Å². The van der Waals surface area contributed by atoms with Gasteiger partial charge in [0.05, 0.1) is 6.07 Å². The Bertz CT molecular complexity index is 749. The number of Topliss-reactive ketones (excluding diaryl/α,β-unsaturated/α-hetero) is 1. The van der Waals surface area contributed by atoms with E-state index in [0.717, 1.165) is 24.1 Å². The van der Waals surface area contributed by atoms with Crippen molar-refractivity contribution in [2.24, 2.45) is 5.92 Å². The van der Waals surface area contributed by atoms with Crippen LogP contribution in [0, 0.1) is 24.2 Å². The molecular weight excluding hydrogens is 308 g/mol. The summed E-state index contributed by atoms with van der Waals surface area (Å²) in [6, 6.07) is 6.58. The van der Waals surface area contributed by atoms with E-state index >= 15 is 0 Å². The second-order valence-corrected chi connectivity index (χ2v) is 6.09. The van der Waals surface area contributed by atoms with E-state index in [1.54, 1.807) is 36.1 Å². The first kappa shape index (κ1) is 16.0. The monoisotopic (exact) mass is 326 g/mol. The van der Waals surface area contributed by atoms with Crippen molar-refractivity contribution in [1.29, 1.82) is 5.26 Å². The number of rotatable bonds is 5. The Morgan fingerprint density at radius 2 is 2.17 bits per heavy atom. The highest BCUT2D eigenvalue weighted by atomic mass is 16.2. The standard InChI is InChI=1S/C17H18N4O3/c1-10-8-11(2-5-14(10)21-7-6-19-17(21)24)15(22)13(9-18)16(23)20-12-3-4-12/h2,5,8,12-13H,3-4,6-7H2,1H3,(H,19,24)(H,20,23)/t13-/m1/s1. The molecule has 0 unspecified atom stereocenters. The number of anilines is 1. The molecule has 2 fully saturated rings. The van der Waals surface area contributed by atoms with Gasteiger partial charge in [0.25, 0.3) is 0 Å². The Balaban J connectivity index is 1.79. The zero-order valence-corrected chi connectivity index (χ0v) is 13.3. The highest BCUT2D eigenvalue weighted by Crippen LogP contribution is 2.24. The predicted molar refractivity (Wildman–Crippen MR) is 86.5 cm³/mol. The summed E-state index contributed by atoms with van der Waals surface area (Å²) in [5, 5.41) is 14.6. The Labute approximate surface area is 139 Å². The average molecular weight is 326 g/mol. The van der Waals surface area contributed by atoms with Gasteiger partial charge in [0.2, 0.25) is 5.91 Å². The fourth-order valence-corrected chi connectivity index (χ4v) is 2.73. The minimum Gasteiger partial charge on any atom is -0.352 e. The average Bonchev–Trinajstić information content (AvgIpc) is 3.27. The summed E-state index contributed by atoms with van der Waals surface area (Å²) < 4.78 is 0. The van der Waals surface area contributed by atoms with Crippen LogP contribution in [0.15, 0.2) is 18.2 Å². The molecule has 24 heavy (non-hydrogen) atoms. The maximum Gasteiger partial charge on any atom is 0.322 e. The van der Waals surface area contributed by atoms with Crippen LogP contribution in [-0.4, -0.2) is 36.9 Å². The van der Waals surface area contributed by atoms with Crippen molar-refractivity contribution < 1.29 is 14.4 Å². The van der Waals surface area contributed by atoms with E-state index in [0.29, 0.717) is 18.7 Å². The molecule has 1 aliphatic carbocycles. The van der Waals surface area contributed by atoms with E-state index in [9.17, 15) is 19.6 Å². The molecule has 2 aliphatic rings. The molecule has 1 saturated carbocycles. The molecular formula is C17H18N4O3. The zero-order valence-electron chi connectivity index (χ0n) is 13.3. The molecule has 0 aromatic heterocycles. The minimum atomic E-state index is -1.34. The second kappa shape index (κ2) is 6.32. The number of ketones is 1. The molecule has 0 spiro atoms. The van der Waals surface area contributed by atoms with Gasteiger partial charge in [0, 0.05) is 30.4 Å². The maximum atomic E-state index is 12.5. The number of carbonyl (C=O) groups excluding carboxylic acids is 3. The number of carbonyl (C=O) groups is 3. The number of amides is 3.